The van der Waals surface area contributed by atoms with Gasteiger partial charge in [0.1, 0.15) is 13.2 Å². The molecule has 284 valence electrons. The van der Waals surface area contributed by atoms with E-state index in [0.29, 0.717) is 19.3 Å². The van der Waals surface area contributed by atoms with Crippen LogP contribution in [0, 0.1) is 11.8 Å². The highest BCUT2D eigenvalue weighted by atomic mass is 16.6. The molecule has 0 amide bonds. The van der Waals surface area contributed by atoms with Crippen LogP contribution < -0.4 is 0 Å². The predicted octanol–water partition coefficient (Wildman–Crippen LogP) is 12.6. The zero-order chi connectivity index (χ0) is 35.5. The first-order chi connectivity index (χ1) is 23.3. The van der Waals surface area contributed by atoms with E-state index in [2.05, 4.69) is 34.6 Å². The summed E-state index contributed by atoms with van der Waals surface area (Å²) in [6.45, 7) is 11.2. The van der Waals surface area contributed by atoms with Gasteiger partial charge >= 0.3 is 17.9 Å². The number of hydrogen-bond donors (Lipinski definition) is 0. The molecule has 0 aliphatic rings. The number of hydrogen-bond acceptors (Lipinski definition) is 6. The summed E-state index contributed by atoms with van der Waals surface area (Å²) in [5.74, 6) is 0.772. The maximum absolute atomic E-state index is 12.6. The van der Waals surface area contributed by atoms with Crippen molar-refractivity contribution < 1.29 is 28.6 Å². The van der Waals surface area contributed by atoms with E-state index < -0.39 is 6.10 Å². The Labute approximate surface area is 298 Å². The zero-order valence-corrected chi connectivity index (χ0v) is 32.6. The van der Waals surface area contributed by atoms with E-state index in [9.17, 15) is 14.4 Å². The van der Waals surface area contributed by atoms with Crippen LogP contribution >= 0.6 is 0 Å². The number of ether oxygens (including phenoxy) is 3. The molecule has 0 rings (SSSR count). The number of carbonyl (C=O) groups excluding carboxylic acids is 3. The lowest BCUT2D eigenvalue weighted by Crippen LogP contribution is -2.30. The van der Waals surface area contributed by atoms with Crippen molar-refractivity contribution in [2.45, 2.75) is 227 Å². The molecule has 6 nitrogen and oxygen atoms in total. The highest BCUT2D eigenvalue weighted by Gasteiger charge is 2.19. The first-order valence-corrected chi connectivity index (χ1v) is 20.8. The number of esters is 3. The fraction of sp³-hybridized carbons (Fsp3) is 0.929. The summed E-state index contributed by atoms with van der Waals surface area (Å²) in [7, 11) is 0. The summed E-state index contributed by atoms with van der Waals surface area (Å²) >= 11 is 0. The SMILES string of the molecule is CCCCCCCCCC(=O)O[C@@H](COC(=O)CCCCCCCCCCC(C)C)COC(=O)CCCCCCCCCCC(C)CC. The van der Waals surface area contributed by atoms with Gasteiger partial charge in [-0.3, -0.25) is 14.4 Å². The molecule has 0 radical (unpaired) electrons. The lowest BCUT2D eigenvalue weighted by Gasteiger charge is -2.18. The van der Waals surface area contributed by atoms with E-state index in [1.54, 1.807) is 0 Å². The van der Waals surface area contributed by atoms with Crippen LogP contribution in [0.15, 0.2) is 0 Å². The average molecular weight is 681 g/mol. The third-order valence-corrected chi connectivity index (χ3v) is 9.58. The summed E-state index contributed by atoms with van der Waals surface area (Å²) in [4.78, 5) is 37.4. The Kier molecular flexibility index (Phi) is 34.1. The molecule has 6 heteroatoms. The second-order valence-electron chi connectivity index (χ2n) is 15.0. The van der Waals surface area contributed by atoms with Crippen molar-refractivity contribution in [2.75, 3.05) is 13.2 Å². The number of carbonyl (C=O) groups is 3. The van der Waals surface area contributed by atoms with E-state index in [-0.39, 0.29) is 31.1 Å². The minimum absolute atomic E-state index is 0.0668. The topological polar surface area (TPSA) is 78.9 Å². The van der Waals surface area contributed by atoms with E-state index >= 15 is 0 Å². The Morgan fingerprint density at radius 2 is 0.792 bits per heavy atom. The molecule has 0 saturated heterocycles. The Hall–Kier alpha value is -1.59. The summed E-state index contributed by atoms with van der Waals surface area (Å²) in [6, 6.07) is 0. The van der Waals surface area contributed by atoms with Crippen molar-refractivity contribution in [3.8, 4) is 0 Å². The van der Waals surface area contributed by atoms with Gasteiger partial charge in [0.15, 0.2) is 6.10 Å². The van der Waals surface area contributed by atoms with E-state index in [1.807, 2.05) is 0 Å². The van der Waals surface area contributed by atoms with Gasteiger partial charge in [-0.2, -0.15) is 0 Å². The first kappa shape index (κ1) is 46.4. The fourth-order valence-corrected chi connectivity index (χ4v) is 6.01. The molecule has 0 saturated carbocycles. The van der Waals surface area contributed by atoms with Crippen LogP contribution in [-0.4, -0.2) is 37.2 Å². The second kappa shape index (κ2) is 35.2. The van der Waals surface area contributed by atoms with Gasteiger partial charge in [0.05, 0.1) is 0 Å². The van der Waals surface area contributed by atoms with Gasteiger partial charge < -0.3 is 14.2 Å². The summed E-state index contributed by atoms with van der Waals surface area (Å²) < 4.78 is 16.6. The van der Waals surface area contributed by atoms with Gasteiger partial charge in [-0.05, 0) is 31.1 Å². The first-order valence-electron chi connectivity index (χ1n) is 20.8. The van der Waals surface area contributed by atoms with E-state index in [0.717, 1.165) is 69.6 Å². The van der Waals surface area contributed by atoms with Crippen molar-refractivity contribution in [3.63, 3.8) is 0 Å². The smallest absolute Gasteiger partial charge is 0.306 e. The van der Waals surface area contributed by atoms with E-state index in [1.165, 1.54) is 109 Å². The number of rotatable bonds is 36. The molecule has 0 aromatic rings. The van der Waals surface area contributed by atoms with Crippen LogP contribution in [0.2, 0.25) is 0 Å². The maximum Gasteiger partial charge on any atom is 0.306 e. The van der Waals surface area contributed by atoms with Crippen LogP contribution in [-0.2, 0) is 28.6 Å². The summed E-state index contributed by atoms with van der Waals surface area (Å²) in [5, 5.41) is 0. The van der Waals surface area contributed by atoms with Crippen molar-refractivity contribution in [3.05, 3.63) is 0 Å². The molecule has 0 fully saturated rings. The lowest BCUT2D eigenvalue weighted by atomic mass is 9.99. The predicted molar refractivity (Wildman–Crippen MR) is 201 cm³/mol. The number of unbranched alkanes of at least 4 members (excludes halogenated alkanes) is 20. The zero-order valence-electron chi connectivity index (χ0n) is 32.6. The quantitative estimate of drug-likeness (QED) is 0.0372. The van der Waals surface area contributed by atoms with Crippen molar-refractivity contribution in [1.29, 1.82) is 0 Å². The minimum Gasteiger partial charge on any atom is -0.462 e. The maximum atomic E-state index is 12.6. The molecular formula is C42H80O6. The Morgan fingerprint density at radius 3 is 1.19 bits per heavy atom. The standard InChI is InChI=1S/C42H80O6/c1-6-8-9-10-15-24-29-34-42(45)48-39(35-46-40(43)32-27-22-18-13-11-16-20-25-30-37(3)4)36-47-41(44)33-28-23-19-14-12-17-21-26-31-38(5)7-2/h37-39H,6-36H2,1-5H3/t38?,39-/m0/s1. The Balaban J connectivity index is 4.30. The van der Waals surface area contributed by atoms with Crippen molar-refractivity contribution in [1.82, 2.24) is 0 Å². The van der Waals surface area contributed by atoms with Crippen LogP contribution in [0.25, 0.3) is 0 Å². The van der Waals surface area contributed by atoms with E-state index in [4.69, 9.17) is 14.2 Å². The molecule has 0 bridgehead atoms. The molecular weight excluding hydrogens is 600 g/mol. The Morgan fingerprint density at radius 1 is 0.438 bits per heavy atom. The molecule has 1 unspecified atom stereocenters. The highest BCUT2D eigenvalue weighted by molar-refractivity contribution is 5.71. The molecule has 0 aliphatic heterocycles. The monoisotopic (exact) mass is 681 g/mol. The molecule has 48 heavy (non-hydrogen) atoms. The third kappa shape index (κ3) is 34.3. The second-order valence-corrected chi connectivity index (χ2v) is 15.0. The summed E-state index contributed by atoms with van der Waals surface area (Å²) in [6.07, 6.45) is 31.0. The Bertz CT molecular complexity index is 736. The van der Waals surface area contributed by atoms with Crippen LogP contribution in [0.4, 0.5) is 0 Å². The molecule has 0 aromatic carbocycles. The third-order valence-electron chi connectivity index (χ3n) is 9.58. The molecule has 0 heterocycles. The van der Waals surface area contributed by atoms with Gasteiger partial charge in [-0.1, -0.05) is 182 Å². The fourth-order valence-electron chi connectivity index (χ4n) is 6.01. The van der Waals surface area contributed by atoms with Gasteiger partial charge in [-0.15, -0.1) is 0 Å². The van der Waals surface area contributed by atoms with Gasteiger partial charge in [0.25, 0.3) is 0 Å². The van der Waals surface area contributed by atoms with Crippen LogP contribution in [0.5, 0.6) is 0 Å². The summed E-state index contributed by atoms with van der Waals surface area (Å²) in [5.41, 5.74) is 0. The molecule has 0 N–H and O–H groups in total. The van der Waals surface area contributed by atoms with Crippen molar-refractivity contribution in [2.24, 2.45) is 11.8 Å². The largest absolute Gasteiger partial charge is 0.462 e. The lowest BCUT2D eigenvalue weighted by molar-refractivity contribution is -0.167. The van der Waals surface area contributed by atoms with Gasteiger partial charge in [0, 0.05) is 19.3 Å². The van der Waals surface area contributed by atoms with Crippen LogP contribution in [0.1, 0.15) is 221 Å². The normalized spacial score (nSPS) is 12.6. The molecule has 2 atom stereocenters. The van der Waals surface area contributed by atoms with Gasteiger partial charge in [-0.25, -0.2) is 0 Å². The van der Waals surface area contributed by atoms with Gasteiger partial charge in [0.2, 0.25) is 0 Å². The average Bonchev–Trinajstić information content (AvgIpc) is 3.06. The minimum atomic E-state index is -0.758. The van der Waals surface area contributed by atoms with Crippen molar-refractivity contribution >= 4 is 17.9 Å². The van der Waals surface area contributed by atoms with Crippen LogP contribution in [0.3, 0.4) is 0 Å². The molecule has 0 aromatic heterocycles. The molecule has 0 aliphatic carbocycles. The molecule has 0 spiro atoms. The highest BCUT2D eigenvalue weighted by Crippen LogP contribution is 2.16.